The molecule has 0 bridgehead atoms. The fourth-order valence-electron chi connectivity index (χ4n) is 5.61. The van der Waals surface area contributed by atoms with Gasteiger partial charge in [0.05, 0.1) is 24.4 Å². The predicted octanol–water partition coefficient (Wildman–Crippen LogP) is 4.41. The number of rotatable bonds is 7. The van der Waals surface area contributed by atoms with Crippen LogP contribution in [-0.2, 0) is 13.0 Å². The monoisotopic (exact) mass is 482 g/mol. The number of aliphatic hydroxyl groups is 1. The molecule has 2 aromatic heterocycles. The van der Waals surface area contributed by atoms with E-state index < -0.39 is 0 Å². The van der Waals surface area contributed by atoms with Crippen LogP contribution in [0.5, 0.6) is 5.75 Å². The van der Waals surface area contributed by atoms with Crippen molar-refractivity contribution in [2.45, 2.75) is 38.7 Å². The zero-order valence-corrected chi connectivity index (χ0v) is 20.7. The number of halogens is 1. The van der Waals surface area contributed by atoms with Gasteiger partial charge in [0.1, 0.15) is 11.4 Å². The van der Waals surface area contributed by atoms with E-state index in [1.54, 1.807) is 13.2 Å². The zero-order chi connectivity index (χ0) is 23.5. The van der Waals surface area contributed by atoms with Crippen LogP contribution >= 0.6 is 11.6 Å². The molecule has 1 aliphatic heterocycles. The van der Waals surface area contributed by atoms with Gasteiger partial charge in [-0.2, -0.15) is 0 Å². The number of pyridine rings is 1. The van der Waals surface area contributed by atoms with Crippen LogP contribution in [0.2, 0.25) is 5.02 Å². The van der Waals surface area contributed by atoms with Crippen LogP contribution in [0.3, 0.4) is 0 Å². The second-order valence-electron chi connectivity index (χ2n) is 9.87. The number of imidazole rings is 1. The molecule has 7 heteroatoms. The lowest BCUT2D eigenvalue weighted by Gasteiger charge is -2.34. The SMILES string of the molecule is COc1cc(CO)c(-c2cn3ccc(CC4CCC(CN5CCNCC5)CC4)cc3n2)cc1Cl. The summed E-state index contributed by atoms with van der Waals surface area (Å²) in [5.41, 5.74) is 4.67. The predicted molar refractivity (Wildman–Crippen MR) is 137 cm³/mol. The summed E-state index contributed by atoms with van der Waals surface area (Å²) in [6.45, 7) is 5.87. The molecule has 0 amide bonds. The number of aliphatic hydroxyl groups excluding tert-OH is 1. The zero-order valence-electron chi connectivity index (χ0n) is 20.0. The van der Waals surface area contributed by atoms with Crippen LogP contribution in [0.4, 0.5) is 0 Å². The summed E-state index contributed by atoms with van der Waals surface area (Å²) in [6, 6.07) is 8.04. The summed E-state index contributed by atoms with van der Waals surface area (Å²) < 4.78 is 7.34. The lowest BCUT2D eigenvalue weighted by molar-refractivity contribution is 0.166. The number of methoxy groups -OCH3 is 1. The second kappa shape index (κ2) is 10.6. The van der Waals surface area contributed by atoms with Gasteiger partial charge in [0.25, 0.3) is 0 Å². The van der Waals surface area contributed by atoms with Crippen LogP contribution < -0.4 is 10.1 Å². The highest BCUT2D eigenvalue weighted by atomic mass is 35.5. The molecule has 2 N–H and O–H groups in total. The summed E-state index contributed by atoms with van der Waals surface area (Å²) >= 11 is 6.36. The third-order valence-electron chi connectivity index (χ3n) is 7.57. The molecular formula is C27H35ClN4O2. The lowest BCUT2D eigenvalue weighted by Crippen LogP contribution is -2.45. The van der Waals surface area contributed by atoms with Gasteiger partial charge in [-0.15, -0.1) is 0 Å². The highest BCUT2D eigenvalue weighted by Gasteiger charge is 2.24. The van der Waals surface area contributed by atoms with Gasteiger partial charge in [-0.05, 0) is 79.3 Å². The molecule has 182 valence electrons. The van der Waals surface area contributed by atoms with Crippen LogP contribution in [0.1, 0.15) is 36.8 Å². The normalized spacial score (nSPS) is 21.7. The quantitative estimate of drug-likeness (QED) is 0.522. The molecule has 34 heavy (non-hydrogen) atoms. The molecule has 3 heterocycles. The van der Waals surface area contributed by atoms with E-state index in [0.29, 0.717) is 10.8 Å². The standard InChI is InChI=1S/C27H35ClN4O2/c1-34-26-14-22(18-33)23(15-24(26)28)25-17-32-9-6-21(13-27(32)30-25)12-19-2-4-20(5-3-19)16-31-10-7-29-8-11-31/h6,9,13-15,17,19-20,29,33H,2-5,7-8,10-12,16,18H2,1H3. The molecular weight excluding hydrogens is 448 g/mol. The fraction of sp³-hybridized carbons (Fsp3) is 0.519. The first-order valence-electron chi connectivity index (χ1n) is 12.5. The highest BCUT2D eigenvalue weighted by molar-refractivity contribution is 6.32. The molecule has 6 nitrogen and oxygen atoms in total. The molecule has 0 radical (unpaired) electrons. The Hall–Kier alpha value is -2.12. The van der Waals surface area contributed by atoms with Gasteiger partial charge in [0.2, 0.25) is 0 Å². The van der Waals surface area contributed by atoms with Crippen molar-refractivity contribution in [2.24, 2.45) is 11.8 Å². The maximum absolute atomic E-state index is 9.86. The number of benzene rings is 1. The van der Waals surface area contributed by atoms with Crippen molar-refractivity contribution in [3.63, 3.8) is 0 Å². The maximum Gasteiger partial charge on any atom is 0.137 e. The molecule has 1 saturated carbocycles. The van der Waals surface area contributed by atoms with Crippen LogP contribution in [0.25, 0.3) is 16.9 Å². The van der Waals surface area contributed by atoms with E-state index in [9.17, 15) is 5.11 Å². The van der Waals surface area contributed by atoms with Gasteiger partial charge in [-0.25, -0.2) is 4.98 Å². The third-order valence-corrected chi connectivity index (χ3v) is 7.86. The van der Waals surface area contributed by atoms with Crippen molar-refractivity contribution < 1.29 is 9.84 Å². The average molecular weight is 483 g/mol. The number of fused-ring (bicyclic) bond motifs is 1. The molecule has 2 aliphatic rings. The Morgan fingerprint density at radius 1 is 1.12 bits per heavy atom. The summed E-state index contributed by atoms with van der Waals surface area (Å²) in [4.78, 5) is 7.50. The smallest absolute Gasteiger partial charge is 0.137 e. The van der Waals surface area contributed by atoms with Crippen molar-refractivity contribution in [1.82, 2.24) is 19.6 Å². The Labute approximate surface area is 206 Å². The molecule has 0 spiro atoms. The number of nitrogens with zero attached hydrogens (tertiary/aromatic N) is 3. The van der Waals surface area contributed by atoms with E-state index >= 15 is 0 Å². The van der Waals surface area contributed by atoms with Crippen LogP contribution in [0, 0.1) is 11.8 Å². The van der Waals surface area contributed by atoms with E-state index in [1.807, 2.05) is 16.7 Å². The third kappa shape index (κ3) is 5.25. The first-order chi connectivity index (χ1) is 16.6. The Bertz CT molecular complexity index is 1120. The number of ether oxygens (including phenoxy) is 1. The van der Waals surface area contributed by atoms with E-state index in [-0.39, 0.29) is 6.61 Å². The van der Waals surface area contributed by atoms with Crippen LogP contribution in [-0.4, -0.2) is 59.2 Å². The van der Waals surface area contributed by atoms with Crippen molar-refractivity contribution in [3.05, 3.63) is 52.8 Å². The van der Waals surface area contributed by atoms with E-state index in [2.05, 4.69) is 28.5 Å². The summed E-state index contributed by atoms with van der Waals surface area (Å²) in [5, 5.41) is 13.8. The fourth-order valence-corrected chi connectivity index (χ4v) is 5.85. The highest BCUT2D eigenvalue weighted by Crippen LogP contribution is 2.35. The van der Waals surface area contributed by atoms with Crippen molar-refractivity contribution in [2.75, 3.05) is 39.8 Å². The van der Waals surface area contributed by atoms with Gasteiger partial charge in [-0.1, -0.05) is 11.6 Å². The lowest BCUT2D eigenvalue weighted by atomic mass is 9.79. The maximum atomic E-state index is 9.86. The van der Waals surface area contributed by atoms with Gasteiger partial charge < -0.3 is 24.5 Å². The summed E-state index contributed by atoms with van der Waals surface area (Å²) in [7, 11) is 1.58. The van der Waals surface area contributed by atoms with Gasteiger partial charge in [0.15, 0.2) is 0 Å². The van der Waals surface area contributed by atoms with Gasteiger partial charge in [-0.3, -0.25) is 0 Å². The van der Waals surface area contributed by atoms with Gasteiger partial charge in [0, 0.05) is 50.7 Å². The number of piperazine rings is 1. The van der Waals surface area contributed by atoms with Crippen molar-refractivity contribution in [3.8, 4) is 17.0 Å². The van der Waals surface area contributed by atoms with E-state index in [4.69, 9.17) is 21.3 Å². The van der Waals surface area contributed by atoms with E-state index in [1.165, 1.54) is 50.9 Å². The summed E-state index contributed by atoms with van der Waals surface area (Å²) in [6.07, 6.45) is 10.6. The Morgan fingerprint density at radius 2 is 1.88 bits per heavy atom. The van der Waals surface area contributed by atoms with Crippen molar-refractivity contribution >= 4 is 17.2 Å². The number of hydrogen-bond donors (Lipinski definition) is 2. The van der Waals surface area contributed by atoms with Crippen molar-refractivity contribution in [1.29, 1.82) is 0 Å². The largest absolute Gasteiger partial charge is 0.495 e. The summed E-state index contributed by atoms with van der Waals surface area (Å²) in [5.74, 6) is 2.18. The first-order valence-corrected chi connectivity index (χ1v) is 12.9. The Balaban J connectivity index is 1.25. The molecule has 2 fully saturated rings. The molecule has 5 rings (SSSR count). The Kier molecular flexibility index (Phi) is 7.40. The molecule has 1 aromatic carbocycles. The Morgan fingerprint density at radius 3 is 2.62 bits per heavy atom. The average Bonchev–Trinajstić information content (AvgIpc) is 3.29. The van der Waals surface area contributed by atoms with Crippen LogP contribution in [0.15, 0.2) is 36.7 Å². The molecule has 0 atom stereocenters. The minimum absolute atomic E-state index is 0.0979. The second-order valence-corrected chi connectivity index (χ2v) is 10.3. The molecule has 0 unspecified atom stereocenters. The number of hydrogen-bond acceptors (Lipinski definition) is 5. The van der Waals surface area contributed by atoms with E-state index in [0.717, 1.165) is 53.8 Å². The molecule has 1 aliphatic carbocycles. The molecule has 3 aromatic rings. The number of nitrogens with one attached hydrogen (secondary N) is 1. The topological polar surface area (TPSA) is 62.0 Å². The minimum atomic E-state index is -0.0979. The molecule has 1 saturated heterocycles. The van der Waals surface area contributed by atoms with Gasteiger partial charge >= 0.3 is 0 Å². The number of aromatic nitrogens is 2. The first kappa shape index (κ1) is 23.6. The minimum Gasteiger partial charge on any atom is -0.495 e.